The van der Waals surface area contributed by atoms with Gasteiger partial charge in [-0.1, -0.05) is 6.07 Å². The van der Waals surface area contributed by atoms with E-state index >= 15 is 0 Å². The minimum Gasteiger partial charge on any atom is -0.316 e. The Labute approximate surface area is 96.1 Å². The number of nitrogens with one attached hydrogen (secondary N) is 1. The summed E-state index contributed by atoms with van der Waals surface area (Å²) >= 11 is 0. The Kier molecular flexibility index (Phi) is 3.06. The number of nitrogens with zero attached hydrogens (tertiary/aromatic N) is 2. The average Bonchev–Trinajstić information content (AvgIpc) is 2.71. The van der Waals surface area contributed by atoms with Crippen LogP contribution in [0.25, 0.3) is 5.69 Å². The van der Waals surface area contributed by atoms with Gasteiger partial charge in [-0.15, -0.1) is 0 Å². The average molecular weight is 215 g/mol. The summed E-state index contributed by atoms with van der Waals surface area (Å²) in [6, 6.07) is 6.38. The van der Waals surface area contributed by atoms with Crippen molar-refractivity contribution in [1.29, 1.82) is 0 Å². The van der Waals surface area contributed by atoms with Crippen molar-refractivity contribution in [3.05, 3.63) is 47.3 Å². The SMILES string of the molecule is CNCc1cnn(-c2ccc(C)c(C)c2)c1. The van der Waals surface area contributed by atoms with Crippen molar-refractivity contribution in [3.8, 4) is 5.69 Å². The minimum absolute atomic E-state index is 0.852. The Morgan fingerprint density at radius 3 is 2.75 bits per heavy atom. The first-order valence-corrected chi connectivity index (χ1v) is 5.46. The summed E-state index contributed by atoms with van der Waals surface area (Å²) in [5.74, 6) is 0. The molecule has 0 saturated carbocycles. The molecule has 0 aliphatic heterocycles. The van der Waals surface area contributed by atoms with E-state index in [0.717, 1.165) is 12.2 Å². The molecule has 16 heavy (non-hydrogen) atoms. The molecule has 1 heterocycles. The molecule has 3 heteroatoms. The van der Waals surface area contributed by atoms with Crippen LogP contribution in [0.15, 0.2) is 30.6 Å². The van der Waals surface area contributed by atoms with Gasteiger partial charge in [0.25, 0.3) is 0 Å². The summed E-state index contributed by atoms with van der Waals surface area (Å²) in [5.41, 5.74) is 4.92. The molecule has 1 aromatic carbocycles. The Bertz CT molecular complexity index is 486. The number of rotatable bonds is 3. The maximum Gasteiger partial charge on any atom is 0.0648 e. The zero-order valence-corrected chi connectivity index (χ0v) is 9.99. The van der Waals surface area contributed by atoms with Gasteiger partial charge in [0, 0.05) is 18.3 Å². The number of hydrogen-bond donors (Lipinski definition) is 1. The van der Waals surface area contributed by atoms with E-state index in [9.17, 15) is 0 Å². The van der Waals surface area contributed by atoms with Crippen molar-refractivity contribution in [3.63, 3.8) is 0 Å². The maximum absolute atomic E-state index is 4.35. The second kappa shape index (κ2) is 4.49. The van der Waals surface area contributed by atoms with Crippen molar-refractivity contribution in [1.82, 2.24) is 15.1 Å². The maximum atomic E-state index is 4.35. The zero-order chi connectivity index (χ0) is 11.5. The fourth-order valence-corrected chi connectivity index (χ4v) is 1.66. The van der Waals surface area contributed by atoms with E-state index in [1.807, 2.05) is 17.9 Å². The molecule has 1 aromatic heterocycles. The lowest BCUT2D eigenvalue weighted by Crippen LogP contribution is -2.03. The second-order valence-electron chi connectivity index (χ2n) is 4.09. The van der Waals surface area contributed by atoms with Crippen LogP contribution in [0.2, 0.25) is 0 Å². The van der Waals surface area contributed by atoms with Gasteiger partial charge in [0.1, 0.15) is 0 Å². The second-order valence-corrected chi connectivity index (χ2v) is 4.09. The molecule has 3 nitrogen and oxygen atoms in total. The van der Waals surface area contributed by atoms with Gasteiger partial charge in [0.15, 0.2) is 0 Å². The van der Waals surface area contributed by atoms with E-state index in [2.05, 4.69) is 48.7 Å². The predicted octanol–water partition coefficient (Wildman–Crippen LogP) is 2.21. The van der Waals surface area contributed by atoms with Crippen molar-refractivity contribution < 1.29 is 0 Å². The molecule has 0 aliphatic carbocycles. The van der Waals surface area contributed by atoms with Gasteiger partial charge >= 0.3 is 0 Å². The lowest BCUT2D eigenvalue weighted by Gasteiger charge is -2.04. The first-order valence-electron chi connectivity index (χ1n) is 5.46. The van der Waals surface area contributed by atoms with E-state index in [-0.39, 0.29) is 0 Å². The van der Waals surface area contributed by atoms with Crippen LogP contribution in [0, 0.1) is 13.8 Å². The van der Waals surface area contributed by atoms with Gasteiger partial charge in [0.2, 0.25) is 0 Å². The third-order valence-corrected chi connectivity index (χ3v) is 2.77. The van der Waals surface area contributed by atoms with E-state index in [0.29, 0.717) is 0 Å². The fourth-order valence-electron chi connectivity index (χ4n) is 1.66. The van der Waals surface area contributed by atoms with Crippen LogP contribution in [0.1, 0.15) is 16.7 Å². The van der Waals surface area contributed by atoms with Gasteiger partial charge in [-0.05, 0) is 44.2 Å². The Hall–Kier alpha value is -1.61. The van der Waals surface area contributed by atoms with Crippen LogP contribution in [0.5, 0.6) is 0 Å². The van der Waals surface area contributed by atoms with Crippen LogP contribution < -0.4 is 5.32 Å². The fraction of sp³-hybridized carbons (Fsp3) is 0.308. The molecule has 0 amide bonds. The molecule has 0 aliphatic rings. The van der Waals surface area contributed by atoms with E-state index in [4.69, 9.17) is 0 Å². The third-order valence-electron chi connectivity index (χ3n) is 2.77. The summed E-state index contributed by atoms with van der Waals surface area (Å²) in [4.78, 5) is 0. The Morgan fingerprint density at radius 1 is 1.25 bits per heavy atom. The Balaban J connectivity index is 2.31. The predicted molar refractivity (Wildman–Crippen MR) is 65.8 cm³/mol. The van der Waals surface area contributed by atoms with Crippen molar-refractivity contribution in [2.75, 3.05) is 7.05 Å². The molecular formula is C13H17N3. The smallest absolute Gasteiger partial charge is 0.0648 e. The molecule has 0 radical (unpaired) electrons. The highest BCUT2D eigenvalue weighted by Crippen LogP contribution is 2.13. The molecule has 2 aromatic rings. The van der Waals surface area contributed by atoms with Gasteiger partial charge in [-0.3, -0.25) is 0 Å². The largest absolute Gasteiger partial charge is 0.316 e. The van der Waals surface area contributed by atoms with E-state index in [1.165, 1.54) is 16.7 Å². The number of aromatic nitrogens is 2. The monoisotopic (exact) mass is 215 g/mol. The van der Waals surface area contributed by atoms with Crippen molar-refractivity contribution in [2.45, 2.75) is 20.4 Å². The van der Waals surface area contributed by atoms with Gasteiger partial charge < -0.3 is 5.32 Å². The summed E-state index contributed by atoms with van der Waals surface area (Å²) in [6.07, 6.45) is 3.95. The first kappa shape index (κ1) is 10.9. The minimum atomic E-state index is 0.852. The molecule has 2 rings (SSSR count). The summed E-state index contributed by atoms with van der Waals surface area (Å²) in [7, 11) is 1.94. The summed E-state index contributed by atoms with van der Waals surface area (Å²) in [6.45, 7) is 5.09. The van der Waals surface area contributed by atoms with Crippen LogP contribution in [-0.2, 0) is 6.54 Å². The highest BCUT2D eigenvalue weighted by atomic mass is 15.3. The molecular weight excluding hydrogens is 198 g/mol. The zero-order valence-electron chi connectivity index (χ0n) is 9.99. The molecule has 0 unspecified atom stereocenters. The van der Waals surface area contributed by atoms with Crippen LogP contribution >= 0.6 is 0 Å². The highest BCUT2D eigenvalue weighted by Gasteiger charge is 2.01. The van der Waals surface area contributed by atoms with Crippen LogP contribution in [0.3, 0.4) is 0 Å². The summed E-state index contributed by atoms with van der Waals surface area (Å²) < 4.78 is 1.92. The van der Waals surface area contributed by atoms with E-state index < -0.39 is 0 Å². The third kappa shape index (κ3) is 2.14. The number of aryl methyl sites for hydroxylation is 2. The molecule has 84 valence electrons. The standard InChI is InChI=1S/C13H17N3/c1-10-4-5-13(6-11(10)2)16-9-12(7-14-3)8-15-16/h4-6,8-9,14H,7H2,1-3H3. The van der Waals surface area contributed by atoms with Gasteiger partial charge in [-0.25, -0.2) is 4.68 Å². The quantitative estimate of drug-likeness (QED) is 0.850. The summed E-state index contributed by atoms with van der Waals surface area (Å²) in [5, 5.41) is 7.47. The lowest BCUT2D eigenvalue weighted by atomic mass is 10.1. The molecule has 0 saturated heterocycles. The molecule has 0 bridgehead atoms. The normalized spacial score (nSPS) is 10.7. The van der Waals surface area contributed by atoms with Gasteiger partial charge in [-0.2, -0.15) is 5.10 Å². The Morgan fingerprint density at radius 2 is 2.06 bits per heavy atom. The highest BCUT2D eigenvalue weighted by molar-refractivity contribution is 5.39. The molecule has 1 N–H and O–H groups in total. The lowest BCUT2D eigenvalue weighted by molar-refractivity contribution is 0.816. The van der Waals surface area contributed by atoms with E-state index in [1.54, 1.807) is 0 Å². The van der Waals surface area contributed by atoms with Crippen LogP contribution in [0.4, 0.5) is 0 Å². The van der Waals surface area contributed by atoms with Crippen molar-refractivity contribution in [2.24, 2.45) is 0 Å². The topological polar surface area (TPSA) is 29.9 Å². The van der Waals surface area contributed by atoms with Crippen LogP contribution in [-0.4, -0.2) is 16.8 Å². The molecule has 0 spiro atoms. The number of benzene rings is 1. The molecule has 0 fully saturated rings. The molecule has 0 atom stereocenters. The number of hydrogen-bond acceptors (Lipinski definition) is 2. The van der Waals surface area contributed by atoms with Gasteiger partial charge in [0.05, 0.1) is 11.9 Å². The first-order chi connectivity index (χ1) is 7.70. The van der Waals surface area contributed by atoms with Crippen molar-refractivity contribution >= 4 is 0 Å².